The average molecular weight is 281 g/mol. The van der Waals surface area contributed by atoms with Crippen molar-refractivity contribution in [2.24, 2.45) is 0 Å². The van der Waals surface area contributed by atoms with E-state index in [4.69, 9.17) is 9.15 Å². The molecule has 1 saturated heterocycles. The topological polar surface area (TPSA) is 76.4 Å². The minimum Gasteiger partial charge on any atom is -0.443 e. The summed E-state index contributed by atoms with van der Waals surface area (Å²) in [5.41, 5.74) is -0.0708. The van der Waals surface area contributed by atoms with E-state index in [2.05, 4.69) is 36.4 Å². The van der Waals surface area contributed by atoms with Crippen LogP contribution in [-0.4, -0.2) is 36.7 Å². The summed E-state index contributed by atoms with van der Waals surface area (Å²) in [5, 5.41) is 6.07. The minimum atomic E-state index is -0.0708. The van der Waals surface area contributed by atoms with E-state index in [1.54, 1.807) is 6.20 Å². The fourth-order valence-corrected chi connectivity index (χ4v) is 1.96. The van der Waals surface area contributed by atoms with Crippen LogP contribution in [0.3, 0.4) is 0 Å². The van der Waals surface area contributed by atoms with E-state index in [9.17, 15) is 4.79 Å². The van der Waals surface area contributed by atoms with Crippen LogP contribution in [0.15, 0.2) is 10.6 Å². The van der Waals surface area contributed by atoms with Gasteiger partial charge in [-0.25, -0.2) is 4.98 Å². The van der Waals surface area contributed by atoms with Gasteiger partial charge in [0, 0.05) is 24.4 Å². The highest BCUT2D eigenvalue weighted by molar-refractivity contribution is 5.76. The summed E-state index contributed by atoms with van der Waals surface area (Å²) in [6, 6.07) is 0.0958. The van der Waals surface area contributed by atoms with Crippen LogP contribution in [0.25, 0.3) is 0 Å². The number of hydrogen-bond donors (Lipinski definition) is 2. The van der Waals surface area contributed by atoms with Crippen LogP contribution < -0.4 is 10.6 Å². The van der Waals surface area contributed by atoms with Crippen molar-refractivity contribution in [1.82, 2.24) is 15.6 Å². The van der Waals surface area contributed by atoms with Crippen molar-refractivity contribution in [2.75, 3.05) is 19.8 Å². The lowest BCUT2D eigenvalue weighted by Gasteiger charge is -2.23. The molecule has 112 valence electrons. The molecule has 1 unspecified atom stereocenters. The molecule has 1 fully saturated rings. The predicted octanol–water partition coefficient (Wildman–Crippen LogP) is 0.967. The van der Waals surface area contributed by atoms with Gasteiger partial charge < -0.3 is 19.8 Å². The number of oxazole rings is 1. The molecule has 0 spiro atoms. The van der Waals surface area contributed by atoms with Crippen molar-refractivity contribution in [3.05, 3.63) is 17.8 Å². The molecule has 1 aromatic rings. The lowest BCUT2D eigenvalue weighted by molar-refractivity contribution is -0.122. The molecule has 0 radical (unpaired) electrons. The van der Waals surface area contributed by atoms with Gasteiger partial charge in [0.15, 0.2) is 0 Å². The van der Waals surface area contributed by atoms with Crippen molar-refractivity contribution < 1.29 is 13.9 Å². The Morgan fingerprint density at radius 1 is 1.55 bits per heavy atom. The molecular weight excluding hydrogens is 258 g/mol. The second-order valence-corrected chi connectivity index (χ2v) is 6.08. The van der Waals surface area contributed by atoms with E-state index in [-0.39, 0.29) is 17.4 Å². The number of hydrogen-bond acceptors (Lipinski definition) is 5. The van der Waals surface area contributed by atoms with E-state index in [1.165, 1.54) is 0 Å². The van der Waals surface area contributed by atoms with Crippen LogP contribution in [0.5, 0.6) is 0 Å². The Morgan fingerprint density at radius 2 is 2.35 bits per heavy atom. The third-order valence-electron chi connectivity index (χ3n) is 3.16. The summed E-state index contributed by atoms with van der Waals surface area (Å²) in [6.07, 6.45) is 2.13. The van der Waals surface area contributed by atoms with Crippen LogP contribution >= 0.6 is 0 Å². The SMILES string of the molecule is CC(C)(C)c1cnc(CNC(=O)CC2COCCN2)o1. The predicted molar refractivity (Wildman–Crippen MR) is 74.3 cm³/mol. The van der Waals surface area contributed by atoms with Gasteiger partial charge in [-0.1, -0.05) is 20.8 Å². The van der Waals surface area contributed by atoms with E-state index in [0.29, 0.717) is 32.1 Å². The normalized spacial score (nSPS) is 19.9. The highest BCUT2D eigenvalue weighted by atomic mass is 16.5. The van der Waals surface area contributed by atoms with Crippen LogP contribution in [0.2, 0.25) is 0 Å². The monoisotopic (exact) mass is 281 g/mol. The van der Waals surface area contributed by atoms with Crippen LogP contribution in [-0.2, 0) is 21.5 Å². The lowest BCUT2D eigenvalue weighted by atomic mass is 9.94. The Kier molecular flexibility index (Phi) is 4.77. The Labute approximate surface area is 119 Å². The molecule has 2 rings (SSSR count). The molecule has 6 heteroatoms. The first kappa shape index (κ1) is 15.0. The Hall–Kier alpha value is -1.40. The summed E-state index contributed by atoms with van der Waals surface area (Å²) in [7, 11) is 0. The van der Waals surface area contributed by atoms with Crippen molar-refractivity contribution in [3.8, 4) is 0 Å². The highest BCUT2D eigenvalue weighted by Gasteiger charge is 2.20. The average Bonchev–Trinajstić information content (AvgIpc) is 2.86. The molecule has 6 nitrogen and oxygen atoms in total. The maximum atomic E-state index is 11.8. The van der Waals surface area contributed by atoms with Crippen molar-refractivity contribution in [1.29, 1.82) is 0 Å². The number of nitrogens with one attached hydrogen (secondary N) is 2. The molecule has 0 aliphatic carbocycles. The number of rotatable bonds is 4. The molecular formula is C14H23N3O3. The third-order valence-corrected chi connectivity index (χ3v) is 3.16. The Morgan fingerprint density at radius 3 is 2.95 bits per heavy atom. The van der Waals surface area contributed by atoms with Crippen molar-refractivity contribution in [3.63, 3.8) is 0 Å². The van der Waals surface area contributed by atoms with Crippen LogP contribution in [0.4, 0.5) is 0 Å². The van der Waals surface area contributed by atoms with Gasteiger partial charge in [-0.15, -0.1) is 0 Å². The number of aromatic nitrogens is 1. The van der Waals surface area contributed by atoms with Crippen molar-refractivity contribution >= 4 is 5.91 Å². The zero-order valence-electron chi connectivity index (χ0n) is 12.4. The minimum absolute atomic E-state index is 0.0245. The molecule has 1 atom stereocenters. The maximum absolute atomic E-state index is 11.8. The number of carbonyl (C=O) groups is 1. The lowest BCUT2D eigenvalue weighted by Crippen LogP contribution is -2.44. The number of morpholine rings is 1. The molecule has 20 heavy (non-hydrogen) atoms. The van der Waals surface area contributed by atoms with Gasteiger partial charge in [0.1, 0.15) is 5.76 Å². The molecule has 1 aliphatic heterocycles. The number of amides is 1. The molecule has 2 heterocycles. The zero-order chi connectivity index (χ0) is 14.6. The molecule has 1 aliphatic rings. The summed E-state index contributed by atoms with van der Waals surface area (Å²) < 4.78 is 10.9. The summed E-state index contributed by atoms with van der Waals surface area (Å²) in [6.45, 7) is 8.60. The van der Waals surface area contributed by atoms with Gasteiger partial charge in [0.25, 0.3) is 0 Å². The summed E-state index contributed by atoms with van der Waals surface area (Å²) >= 11 is 0. The molecule has 1 aromatic heterocycles. The van der Waals surface area contributed by atoms with Gasteiger partial charge in [-0.05, 0) is 0 Å². The summed E-state index contributed by atoms with van der Waals surface area (Å²) in [5.74, 6) is 1.34. The largest absolute Gasteiger partial charge is 0.443 e. The number of carbonyl (C=O) groups excluding carboxylic acids is 1. The smallest absolute Gasteiger partial charge is 0.222 e. The zero-order valence-corrected chi connectivity index (χ0v) is 12.4. The van der Waals surface area contributed by atoms with E-state index >= 15 is 0 Å². The summed E-state index contributed by atoms with van der Waals surface area (Å²) in [4.78, 5) is 16.0. The fraction of sp³-hybridized carbons (Fsp3) is 0.714. The van der Waals surface area contributed by atoms with E-state index in [1.807, 2.05) is 0 Å². The van der Waals surface area contributed by atoms with Crippen LogP contribution in [0.1, 0.15) is 38.8 Å². The number of nitrogens with zero attached hydrogens (tertiary/aromatic N) is 1. The second kappa shape index (κ2) is 6.37. The maximum Gasteiger partial charge on any atom is 0.222 e. The Bertz CT molecular complexity index is 445. The van der Waals surface area contributed by atoms with Gasteiger partial charge in [0.05, 0.1) is 26.0 Å². The first-order valence-electron chi connectivity index (χ1n) is 6.98. The molecule has 0 bridgehead atoms. The van der Waals surface area contributed by atoms with Gasteiger partial charge >= 0.3 is 0 Å². The van der Waals surface area contributed by atoms with Crippen LogP contribution in [0, 0.1) is 0 Å². The standard InChI is InChI=1S/C14H23N3O3/c1-14(2,3)11-7-17-13(20-11)8-16-12(18)6-10-9-19-5-4-15-10/h7,10,15H,4-6,8-9H2,1-3H3,(H,16,18). The van der Waals surface area contributed by atoms with E-state index < -0.39 is 0 Å². The van der Waals surface area contributed by atoms with Gasteiger partial charge in [-0.3, -0.25) is 4.79 Å². The first-order chi connectivity index (χ1) is 9.45. The van der Waals surface area contributed by atoms with E-state index in [0.717, 1.165) is 12.3 Å². The second-order valence-electron chi connectivity index (χ2n) is 6.08. The fourth-order valence-electron chi connectivity index (χ4n) is 1.96. The quantitative estimate of drug-likeness (QED) is 0.860. The first-order valence-corrected chi connectivity index (χ1v) is 6.98. The van der Waals surface area contributed by atoms with Gasteiger partial charge in [0.2, 0.25) is 11.8 Å². The molecule has 1 amide bonds. The van der Waals surface area contributed by atoms with Crippen molar-refractivity contribution in [2.45, 2.75) is 45.2 Å². The molecule has 2 N–H and O–H groups in total. The highest BCUT2D eigenvalue weighted by Crippen LogP contribution is 2.22. The third kappa shape index (κ3) is 4.31. The molecule has 0 saturated carbocycles. The Balaban J connectivity index is 1.76. The van der Waals surface area contributed by atoms with Gasteiger partial charge in [-0.2, -0.15) is 0 Å². The number of ether oxygens (including phenoxy) is 1. The molecule has 0 aromatic carbocycles.